The quantitative estimate of drug-likeness (QED) is 0.818. The highest BCUT2D eigenvalue weighted by atomic mass is 35.5. The van der Waals surface area contributed by atoms with Crippen LogP contribution in [0.5, 0.6) is 0 Å². The summed E-state index contributed by atoms with van der Waals surface area (Å²) >= 11 is 6.00. The molecule has 2 aromatic rings. The fourth-order valence-corrected chi connectivity index (χ4v) is 2.58. The van der Waals surface area contributed by atoms with Gasteiger partial charge in [-0.3, -0.25) is 0 Å². The van der Waals surface area contributed by atoms with Crippen molar-refractivity contribution in [1.29, 1.82) is 5.26 Å². The topological polar surface area (TPSA) is 83.2 Å². The number of hydrogen-bond donors (Lipinski definition) is 1. The van der Waals surface area contributed by atoms with E-state index in [1.165, 1.54) is 0 Å². The first-order chi connectivity index (χ1) is 11.1. The lowest BCUT2D eigenvalue weighted by atomic mass is 9.99. The van der Waals surface area contributed by atoms with E-state index in [-0.39, 0.29) is 28.6 Å². The molecule has 118 valence electrons. The number of pyridine rings is 1. The normalized spacial score (nSPS) is 10.3. The Morgan fingerprint density at radius 1 is 1.35 bits per heavy atom. The minimum absolute atomic E-state index is 0.00140. The fraction of sp³-hybridized carbons (Fsp3) is 0.235. The number of nitriles is 1. The molecule has 0 spiro atoms. The van der Waals surface area contributed by atoms with Crippen molar-refractivity contribution in [2.75, 3.05) is 0 Å². The Hall–Kier alpha value is -2.42. The van der Waals surface area contributed by atoms with Crippen molar-refractivity contribution in [1.82, 2.24) is 4.98 Å². The summed E-state index contributed by atoms with van der Waals surface area (Å²) in [7, 11) is 0. The molecular formula is C17H15ClN2O3. The minimum atomic E-state index is -1.14. The summed E-state index contributed by atoms with van der Waals surface area (Å²) < 4.78 is 5.56. The number of aromatic nitrogens is 1. The Balaban J connectivity index is 2.29. The zero-order valence-electron chi connectivity index (χ0n) is 12.5. The number of carboxylic acids is 1. The van der Waals surface area contributed by atoms with Crippen molar-refractivity contribution < 1.29 is 14.6 Å². The Morgan fingerprint density at radius 2 is 2.04 bits per heavy atom. The first-order valence-electron chi connectivity index (χ1n) is 7.04. The number of hydrogen-bond acceptors (Lipinski definition) is 4. The Labute approximate surface area is 139 Å². The first kappa shape index (κ1) is 16.9. The van der Waals surface area contributed by atoms with E-state index in [1.54, 1.807) is 6.92 Å². The van der Waals surface area contributed by atoms with Gasteiger partial charge in [0.2, 0.25) is 0 Å². The SMILES string of the molecule is CCc1c(C#N)c(Cl)nc(COCc2ccccc2)c1C(=O)O. The largest absolute Gasteiger partial charge is 0.478 e. The summed E-state index contributed by atoms with van der Waals surface area (Å²) in [5.74, 6) is -1.14. The molecule has 0 amide bonds. The van der Waals surface area contributed by atoms with Gasteiger partial charge in [0.25, 0.3) is 0 Å². The van der Waals surface area contributed by atoms with Crippen LogP contribution in [0.4, 0.5) is 0 Å². The van der Waals surface area contributed by atoms with E-state index >= 15 is 0 Å². The number of carbonyl (C=O) groups is 1. The molecule has 0 aliphatic carbocycles. The third kappa shape index (κ3) is 3.86. The molecule has 1 N–H and O–H groups in total. The highest BCUT2D eigenvalue weighted by Crippen LogP contribution is 2.25. The molecule has 0 saturated carbocycles. The predicted octanol–water partition coefficient (Wildman–Crippen LogP) is 3.58. The smallest absolute Gasteiger partial charge is 0.337 e. The summed E-state index contributed by atoms with van der Waals surface area (Å²) in [5.41, 5.74) is 1.70. The van der Waals surface area contributed by atoms with Gasteiger partial charge in [0.15, 0.2) is 0 Å². The second-order valence-electron chi connectivity index (χ2n) is 4.83. The standard InChI is InChI=1S/C17H15ClN2O3/c1-2-12-13(8-19)16(18)20-14(15(12)17(21)22)10-23-9-11-6-4-3-5-7-11/h3-7H,2,9-10H2,1H3,(H,21,22). The van der Waals surface area contributed by atoms with Crippen LogP contribution in [0.15, 0.2) is 30.3 Å². The molecule has 0 radical (unpaired) electrons. The number of rotatable bonds is 6. The number of halogens is 1. The lowest BCUT2D eigenvalue weighted by molar-refractivity contribution is 0.0680. The number of ether oxygens (including phenoxy) is 1. The van der Waals surface area contributed by atoms with Crippen LogP contribution in [0, 0.1) is 11.3 Å². The summed E-state index contributed by atoms with van der Waals surface area (Å²) in [6.45, 7) is 2.11. The first-order valence-corrected chi connectivity index (χ1v) is 7.42. The van der Waals surface area contributed by atoms with Gasteiger partial charge in [-0.25, -0.2) is 9.78 Å². The molecule has 1 heterocycles. The summed E-state index contributed by atoms with van der Waals surface area (Å²) in [5, 5.41) is 18.6. The molecule has 0 atom stereocenters. The van der Waals surface area contributed by atoms with Crippen LogP contribution in [-0.4, -0.2) is 16.1 Å². The molecule has 1 aromatic carbocycles. The van der Waals surface area contributed by atoms with Gasteiger partial charge in [0, 0.05) is 0 Å². The molecule has 2 rings (SSSR count). The third-order valence-corrected chi connectivity index (χ3v) is 3.63. The van der Waals surface area contributed by atoms with Crippen molar-refractivity contribution in [2.45, 2.75) is 26.6 Å². The maximum atomic E-state index is 11.6. The van der Waals surface area contributed by atoms with Gasteiger partial charge in [-0.15, -0.1) is 0 Å². The molecule has 5 nitrogen and oxygen atoms in total. The Morgan fingerprint density at radius 3 is 2.61 bits per heavy atom. The Bertz CT molecular complexity index is 755. The predicted molar refractivity (Wildman–Crippen MR) is 85.2 cm³/mol. The van der Waals surface area contributed by atoms with Crippen molar-refractivity contribution in [3.05, 3.63) is 63.4 Å². The van der Waals surface area contributed by atoms with Gasteiger partial charge in [-0.05, 0) is 17.5 Å². The van der Waals surface area contributed by atoms with Crippen molar-refractivity contribution in [3.63, 3.8) is 0 Å². The summed E-state index contributed by atoms with van der Waals surface area (Å²) in [6.07, 6.45) is 0.373. The molecule has 0 aliphatic heterocycles. The van der Waals surface area contributed by atoms with E-state index in [9.17, 15) is 9.90 Å². The van der Waals surface area contributed by atoms with E-state index in [4.69, 9.17) is 21.6 Å². The maximum absolute atomic E-state index is 11.6. The van der Waals surface area contributed by atoms with Gasteiger partial charge >= 0.3 is 5.97 Å². The zero-order chi connectivity index (χ0) is 16.8. The van der Waals surface area contributed by atoms with Gasteiger partial charge < -0.3 is 9.84 Å². The van der Waals surface area contributed by atoms with Crippen molar-refractivity contribution in [3.8, 4) is 6.07 Å². The van der Waals surface area contributed by atoms with E-state index in [1.807, 2.05) is 36.4 Å². The van der Waals surface area contributed by atoms with Crippen LogP contribution in [0.3, 0.4) is 0 Å². The van der Waals surface area contributed by atoms with E-state index in [2.05, 4.69) is 4.98 Å². The number of nitrogens with zero attached hydrogens (tertiary/aromatic N) is 2. The highest BCUT2D eigenvalue weighted by Gasteiger charge is 2.22. The van der Waals surface area contributed by atoms with Crippen LogP contribution in [0.25, 0.3) is 0 Å². The number of benzene rings is 1. The molecule has 1 aromatic heterocycles. The summed E-state index contributed by atoms with van der Waals surface area (Å²) in [4.78, 5) is 15.6. The van der Waals surface area contributed by atoms with E-state index in [0.717, 1.165) is 5.56 Å². The summed E-state index contributed by atoms with van der Waals surface area (Å²) in [6, 6.07) is 11.4. The lowest BCUT2D eigenvalue weighted by Gasteiger charge is -2.13. The molecule has 0 aliphatic rings. The minimum Gasteiger partial charge on any atom is -0.478 e. The van der Waals surface area contributed by atoms with Gasteiger partial charge in [0.05, 0.1) is 30.0 Å². The fourth-order valence-electron chi connectivity index (χ4n) is 2.32. The average Bonchev–Trinajstić information content (AvgIpc) is 2.54. The zero-order valence-corrected chi connectivity index (χ0v) is 13.3. The second kappa shape index (κ2) is 7.73. The molecular weight excluding hydrogens is 316 g/mol. The van der Waals surface area contributed by atoms with Crippen LogP contribution in [0.2, 0.25) is 5.15 Å². The molecule has 6 heteroatoms. The molecule has 0 unspecified atom stereocenters. The molecule has 23 heavy (non-hydrogen) atoms. The van der Waals surface area contributed by atoms with Crippen LogP contribution >= 0.6 is 11.6 Å². The van der Waals surface area contributed by atoms with Crippen LogP contribution in [-0.2, 0) is 24.4 Å². The highest BCUT2D eigenvalue weighted by molar-refractivity contribution is 6.30. The van der Waals surface area contributed by atoms with Crippen molar-refractivity contribution >= 4 is 17.6 Å². The third-order valence-electron chi connectivity index (χ3n) is 3.36. The van der Waals surface area contributed by atoms with Crippen LogP contribution < -0.4 is 0 Å². The average molecular weight is 331 g/mol. The second-order valence-corrected chi connectivity index (χ2v) is 5.18. The van der Waals surface area contributed by atoms with Crippen molar-refractivity contribution in [2.24, 2.45) is 0 Å². The van der Waals surface area contributed by atoms with Gasteiger partial charge in [-0.2, -0.15) is 5.26 Å². The number of aromatic carboxylic acids is 1. The van der Waals surface area contributed by atoms with E-state index in [0.29, 0.717) is 18.6 Å². The van der Waals surface area contributed by atoms with Crippen LogP contribution in [0.1, 0.15) is 39.7 Å². The Kier molecular flexibility index (Phi) is 5.69. The molecule has 0 bridgehead atoms. The molecule has 0 saturated heterocycles. The monoisotopic (exact) mass is 330 g/mol. The van der Waals surface area contributed by atoms with Gasteiger partial charge in [-0.1, -0.05) is 48.9 Å². The van der Waals surface area contributed by atoms with Gasteiger partial charge in [0.1, 0.15) is 11.2 Å². The lowest BCUT2D eigenvalue weighted by Crippen LogP contribution is -2.13. The number of carboxylic acid groups (broad SMARTS) is 1. The van der Waals surface area contributed by atoms with E-state index < -0.39 is 5.97 Å². The maximum Gasteiger partial charge on any atom is 0.337 e. The molecule has 0 fully saturated rings.